The molecular weight excluding hydrogens is 490 g/mol. The first-order valence-electron chi connectivity index (χ1n) is 12.2. The maximum atomic E-state index is 14.7. The lowest BCUT2D eigenvalue weighted by atomic mass is 9.94. The van der Waals surface area contributed by atoms with Crippen molar-refractivity contribution >= 4 is 16.6 Å². The Morgan fingerprint density at radius 2 is 1.84 bits per heavy atom. The molecule has 1 atom stereocenters. The van der Waals surface area contributed by atoms with Crippen molar-refractivity contribution in [1.82, 2.24) is 14.9 Å². The van der Waals surface area contributed by atoms with Crippen LogP contribution in [-0.2, 0) is 5.60 Å². The average molecular weight is 517 g/mol. The van der Waals surface area contributed by atoms with Gasteiger partial charge in [0.05, 0.1) is 41.9 Å². The summed E-state index contributed by atoms with van der Waals surface area (Å²) >= 11 is 0. The number of nitrogens with one attached hydrogen (secondary N) is 1. The van der Waals surface area contributed by atoms with Gasteiger partial charge in [0.15, 0.2) is 23.1 Å². The van der Waals surface area contributed by atoms with Crippen molar-refractivity contribution in [2.75, 3.05) is 13.7 Å². The van der Waals surface area contributed by atoms with Gasteiger partial charge in [0.1, 0.15) is 5.82 Å². The van der Waals surface area contributed by atoms with Crippen LogP contribution in [0.2, 0.25) is 0 Å². The van der Waals surface area contributed by atoms with Gasteiger partial charge < -0.3 is 15.2 Å². The number of nitrogens with zero attached hydrogens (tertiary/aromatic N) is 3. The van der Waals surface area contributed by atoms with Crippen LogP contribution in [0.25, 0.3) is 32.6 Å². The minimum atomic E-state index is -1.03. The van der Waals surface area contributed by atoms with E-state index in [0.29, 0.717) is 41.0 Å². The molecule has 1 aromatic heterocycles. The summed E-state index contributed by atoms with van der Waals surface area (Å²) in [5.74, 6) is -2.10. The fourth-order valence-electron chi connectivity index (χ4n) is 4.89. The molecule has 1 aliphatic rings. The highest BCUT2D eigenvalue weighted by molar-refractivity contribution is 5.96. The van der Waals surface area contributed by atoms with Crippen molar-refractivity contribution in [1.29, 1.82) is 0 Å². The van der Waals surface area contributed by atoms with E-state index in [-0.39, 0.29) is 22.8 Å². The Bertz CT molecular complexity index is 1620. The van der Waals surface area contributed by atoms with Crippen LogP contribution in [0.4, 0.5) is 14.5 Å². The Labute approximate surface area is 218 Å². The van der Waals surface area contributed by atoms with Crippen LogP contribution in [0.3, 0.4) is 0 Å². The Balaban J connectivity index is 1.82. The monoisotopic (exact) mass is 516 g/mol. The summed E-state index contributed by atoms with van der Waals surface area (Å²) in [5, 5.41) is 13.8. The van der Waals surface area contributed by atoms with E-state index in [1.807, 2.05) is 12.1 Å². The summed E-state index contributed by atoms with van der Waals surface area (Å²) in [6, 6.07) is 12.1. The number of benzene rings is 3. The zero-order valence-electron chi connectivity index (χ0n) is 21.2. The molecule has 0 amide bonds. The normalized spacial score (nSPS) is 15.6. The van der Waals surface area contributed by atoms with Gasteiger partial charge in [-0.2, -0.15) is 0 Å². The molecule has 0 bridgehead atoms. The van der Waals surface area contributed by atoms with E-state index >= 15 is 0 Å². The van der Waals surface area contributed by atoms with Crippen LogP contribution < -0.4 is 15.6 Å². The van der Waals surface area contributed by atoms with Gasteiger partial charge in [-0.3, -0.25) is 9.36 Å². The first-order valence-corrected chi connectivity index (χ1v) is 12.2. The summed E-state index contributed by atoms with van der Waals surface area (Å²) in [5.41, 5.74) is 1.01. The number of ether oxygens (including phenoxy) is 1. The number of hydrogen-bond acceptors (Lipinski definition) is 5. The summed E-state index contributed by atoms with van der Waals surface area (Å²) in [4.78, 5) is 22.4. The Morgan fingerprint density at radius 1 is 1.16 bits per heavy atom. The Hall–Kier alpha value is -4.13. The van der Waals surface area contributed by atoms with Gasteiger partial charge in [0.25, 0.3) is 5.56 Å². The van der Waals surface area contributed by atoms with Crippen molar-refractivity contribution in [3.05, 3.63) is 93.3 Å². The number of methoxy groups -OCH3 is 1. The highest BCUT2D eigenvalue weighted by Gasteiger charge is 2.26. The molecule has 1 unspecified atom stereocenters. The Morgan fingerprint density at radius 3 is 2.39 bits per heavy atom. The van der Waals surface area contributed by atoms with Crippen LogP contribution in [0.15, 0.2) is 53.3 Å². The highest BCUT2D eigenvalue weighted by atomic mass is 19.1. The van der Waals surface area contributed by atoms with Crippen LogP contribution in [0.5, 0.6) is 5.75 Å². The standard InChI is InChI=1S/C29H26F2N4O3/c1-29(2,37)17-9-7-16(8-10-17)20-12-18(32-3)13-21-25(20)34-27(24-6-5-11-33-24)35(28(21)36)19-14-22(30)26(38-4)23(31)15-19/h7-10,12-15,24,33,37H,5-6,11H2,1-2,4H3. The lowest BCUT2D eigenvalue weighted by Crippen LogP contribution is -2.29. The van der Waals surface area contributed by atoms with E-state index in [1.165, 1.54) is 17.7 Å². The van der Waals surface area contributed by atoms with E-state index in [9.17, 15) is 18.7 Å². The number of hydrogen-bond donors (Lipinski definition) is 2. The van der Waals surface area contributed by atoms with Gasteiger partial charge in [0, 0.05) is 12.1 Å². The second kappa shape index (κ2) is 9.63. The third-order valence-corrected chi connectivity index (χ3v) is 6.83. The average Bonchev–Trinajstić information content (AvgIpc) is 3.42. The van der Waals surface area contributed by atoms with Gasteiger partial charge in [-0.15, -0.1) is 0 Å². The molecule has 1 fully saturated rings. The molecule has 38 heavy (non-hydrogen) atoms. The predicted molar refractivity (Wildman–Crippen MR) is 141 cm³/mol. The third kappa shape index (κ3) is 4.42. The van der Waals surface area contributed by atoms with Crippen LogP contribution >= 0.6 is 0 Å². The first-order chi connectivity index (χ1) is 18.1. The molecule has 1 saturated heterocycles. The van der Waals surface area contributed by atoms with Crippen molar-refractivity contribution < 1.29 is 18.6 Å². The second-order valence-electron chi connectivity index (χ2n) is 9.84. The van der Waals surface area contributed by atoms with Crippen molar-refractivity contribution in [3.63, 3.8) is 0 Å². The summed E-state index contributed by atoms with van der Waals surface area (Å²) < 4.78 is 35.4. The number of rotatable bonds is 5. The molecule has 2 heterocycles. The fourth-order valence-corrected chi connectivity index (χ4v) is 4.89. The van der Waals surface area contributed by atoms with Gasteiger partial charge in [-0.05, 0) is 62.1 Å². The molecule has 1 aliphatic heterocycles. The van der Waals surface area contributed by atoms with Crippen molar-refractivity contribution in [2.45, 2.75) is 38.3 Å². The highest BCUT2D eigenvalue weighted by Crippen LogP contribution is 2.35. The maximum Gasteiger partial charge on any atom is 0.264 e. The van der Waals surface area contributed by atoms with Gasteiger partial charge in [-0.25, -0.2) is 18.6 Å². The van der Waals surface area contributed by atoms with Crippen LogP contribution in [-0.4, -0.2) is 28.3 Å². The number of aliphatic hydroxyl groups is 1. The van der Waals surface area contributed by atoms with Gasteiger partial charge in [-0.1, -0.05) is 24.3 Å². The molecule has 194 valence electrons. The number of fused-ring (bicyclic) bond motifs is 1. The minimum Gasteiger partial charge on any atom is -0.491 e. The number of halogens is 2. The molecule has 4 aromatic rings. The molecule has 7 nitrogen and oxygen atoms in total. The second-order valence-corrected chi connectivity index (χ2v) is 9.84. The van der Waals surface area contributed by atoms with Gasteiger partial charge >= 0.3 is 0 Å². The molecule has 2 N–H and O–H groups in total. The van der Waals surface area contributed by atoms with E-state index in [2.05, 4.69) is 10.2 Å². The Kier molecular flexibility index (Phi) is 6.47. The topological polar surface area (TPSA) is 80.7 Å². The summed E-state index contributed by atoms with van der Waals surface area (Å²) in [6.07, 6.45) is 1.54. The molecular formula is C29H26F2N4O3. The number of aromatic nitrogens is 2. The predicted octanol–water partition coefficient (Wildman–Crippen LogP) is 5.54. The smallest absolute Gasteiger partial charge is 0.264 e. The SMILES string of the molecule is [C-]#[N+]c1cc(-c2ccc(C(C)(C)O)cc2)c2nc(C3CCCN3)n(-c3cc(F)c(OC)c(F)c3)c(=O)c2c1. The van der Waals surface area contributed by atoms with E-state index < -0.39 is 28.5 Å². The molecule has 5 rings (SSSR count). The van der Waals surface area contributed by atoms with Crippen LogP contribution in [0, 0.1) is 18.2 Å². The van der Waals surface area contributed by atoms with Gasteiger partial charge in [0.2, 0.25) is 0 Å². The van der Waals surface area contributed by atoms with Crippen LogP contribution in [0.1, 0.15) is 44.1 Å². The first kappa shape index (κ1) is 25.5. The zero-order valence-corrected chi connectivity index (χ0v) is 21.2. The van der Waals surface area contributed by atoms with Crippen molar-refractivity contribution in [3.8, 4) is 22.6 Å². The summed E-state index contributed by atoms with van der Waals surface area (Å²) in [6.45, 7) is 11.7. The molecule has 0 spiro atoms. The fraction of sp³-hybridized carbons (Fsp3) is 0.276. The quantitative estimate of drug-likeness (QED) is 0.341. The molecule has 0 saturated carbocycles. The zero-order chi connectivity index (χ0) is 27.2. The minimum absolute atomic E-state index is 0.0202. The van der Waals surface area contributed by atoms with E-state index in [1.54, 1.807) is 32.0 Å². The van der Waals surface area contributed by atoms with E-state index in [4.69, 9.17) is 16.3 Å². The molecule has 9 heteroatoms. The molecule has 0 radical (unpaired) electrons. The van der Waals surface area contributed by atoms with E-state index in [0.717, 1.165) is 18.6 Å². The lowest BCUT2D eigenvalue weighted by Gasteiger charge is -2.20. The maximum absolute atomic E-state index is 14.7. The molecule has 3 aromatic carbocycles. The third-order valence-electron chi connectivity index (χ3n) is 6.83. The van der Waals surface area contributed by atoms with Crippen molar-refractivity contribution in [2.24, 2.45) is 0 Å². The summed E-state index contributed by atoms with van der Waals surface area (Å²) in [7, 11) is 1.17. The lowest BCUT2D eigenvalue weighted by molar-refractivity contribution is 0.0786. The largest absolute Gasteiger partial charge is 0.491 e. The molecule has 0 aliphatic carbocycles.